The number of non-ortho nitro benzene ring substituents is 1. The van der Waals surface area contributed by atoms with Crippen LogP contribution in [0.2, 0.25) is 0 Å². The largest absolute Gasteiger partial charge is 0.375 e. The molecule has 0 saturated heterocycles. The van der Waals surface area contributed by atoms with E-state index in [0.717, 1.165) is 0 Å². The summed E-state index contributed by atoms with van der Waals surface area (Å²) in [6.07, 6.45) is 0. The Balaban J connectivity index is 2.79. The molecule has 4 N–H and O–H groups in total. The molecule has 0 heterocycles. The number of thiocarbonyl (C=S) groups is 1. The summed E-state index contributed by atoms with van der Waals surface area (Å²) < 4.78 is 0. The predicted octanol–water partition coefficient (Wildman–Crippen LogP) is 0.903. The van der Waals surface area contributed by atoms with E-state index in [1.807, 2.05) is 0 Å². The summed E-state index contributed by atoms with van der Waals surface area (Å²) in [5.41, 5.74) is 11.3. The predicted molar refractivity (Wildman–Crippen MR) is 65.2 cm³/mol. The van der Waals surface area contributed by atoms with Crippen LogP contribution in [0.4, 0.5) is 5.69 Å². The number of nitrogens with one attached hydrogen (secondary N) is 2. The van der Waals surface area contributed by atoms with Crippen molar-refractivity contribution in [2.45, 2.75) is 0 Å². The second-order valence-electron chi connectivity index (χ2n) is 2.90. The van der Waals surface area contributed by atoms with Gasteiger partial charge in [0.15, 0.2) is 5.11 Å². The molecule has 0 saturated carbocycles. The number of rotatable bonds is 4. The number of nitro groups is 1. The van der Waals surface area contributed by atoms with Crippen LogP contribution in [0, 0.1) is 10.1 Å². The van der Waals surface area contributed by atoms with Gasteiger partial charge in [-0.05, 0) is 12.2 Å². The van der Waals surface area contributed by atoms with Gasteiger partial charge in [-0.3, -0.25) is 21.0 Å². The quantitative estimate of drug-likeness (QED) is 0.410. The average molecular weight is 238 g/mol. The van der Waals surface area contributed by atoms with Crippen molar-refractivity contribution in [1.82, 2.24) is 10.9 Å². The Morgan fingerprint density at radius 1 is 1.50 bits per heavy atom. The average Bonchev–Trinajstić information content (AvgIpc) is 2.26. The molecule has 0 aromatic heterocycles. The fraction of sp³-hybridized carbons (Fsp3) is 0. The van der Waals surface area contributed by atoms with Gasteiger partial charge >= 0.3 is 0 Å². The van der Waals surface area contributed by atoms with Gasteiger partial charge in [0.25, 0.3) is 5.69 Å². The molecule has 0 atom stereocenters. The maximum Gasteiger partial charge on any atom is 0.270 e. The minimum Gasteiger partial charge on any atom is -0.375 e. The zero-order chi connectivity index (χ0) is 12.1. The molecule has 1 aromatic carbocycles. The molecule has 0 aliphatic heterocycles. The van der Waals surface area contributed by atoms with Crippen LogP contribution in [0.25, 0.3) is 5.70 Å². The number of hydrazine groups is 1. The summed E-state index contributed by atoms with van der Waals surface area (Å²) in [4.78, 5) is 10.1. The Bertz CT molecular complexity index is 447. The first-order valence-corrected chi connectivity index (χ1v) is 4.66. The van der Waals surface area contributed by atoms with Crippen molar-refractivity contribution in [2.75, 3.05) is 0 Å². The first-order valence-electron chi connectivity index (χ1n) is 4.26. The van der Waals surface area contributed by atoms with Gasteiger partial charge in [-0.15, -0.1) is 0 Å². The molecule has 0 unspecified atom stereocenters. The fourth-order valence-corrected chi connectivity index (χ4v) is 1.07. The van der Waals surface area contributed by atoms with Crippen LogP contribution in [-0.2, 0) is 0 Å². The zero-order valence-electron chi connectivity index (χ0n) is 8.27. The van der Waals surface area contributed by atoms with Crippen molar-refractivity contribution in [3.63, 3.8) is 0 Å². The molecule has 7 heteroatoms. The molecule has 0 bridgehead atoms. The van der Waals surface area contributed by atoms with Crippen LogP contribution in [-0.4, -0.2) is 10.0 Å². The van der Waals surface area contributed by atoms with E-state index in [0.29, 0.717) is 11.3 Å². The summed E-state index contributed by atoms with van der Waals surface area (Å²) in [5, 5.41) is 10.6. The van der Waals surface area contributed by atoms with Crippen LogP contribution in [0.5, 0.6) is 0 Å². The highest BCUT2D eigenvalue weighted by atomic mass is 32.1. The van der Waals surface area contributed by atoms with Gasteiger partial charge in [-0.2, -0.15) is 0 Å². The number of hydrogen-bond acceptors (Lipinski definition) is 4. The maximum atomic E-state index is 10.5. The van der Waals surface area contributed by atoms with Gasteiger partial charge < -0.3 is 5.73 Å². The van der Waals surface area contributed by atoms with Crippen molar-refractivity contribution < 1.29 is 4.92 Å². The topological polar surface area (TPSA) is 93.2 Å². The highest BCUT2D eigenvalue weighted by Crippen LogP contribution is 2.16. The first-order chi connectivity index (χ1) is 7.50. The Labute approximate surface area is 97.3 Å². The van der Waals surface area contributed by atoms with Crippen LogP contribution >= 0.6 is 12.2 Å². The lowest BCUT2D eigenvalue weighted by atomic mass is 10.1. The number of hydrogen-bond donors (Lipinski definition) is 3. The summed E-state index contributed by atoms with van der Waals surface area (Å²) in [6, 6.07) is 6.05. The number of benzene rings is 1. The lowest BCUT2D eigenvalue weighted by Gasteiger charge is -2.10. The summed E-state index contributed by atoms with van der Waals surface area (Å²) in [5.74, 6) is 0. The normalized spacial score (nSPS) is 9.25. The SMILES string of the molecule is C=C(NNC(N)=S)c1cccc([N+](=O)[O-])c1. The van der Waals surface area contributed by atoms with E-state index in [1.54, 1.807) is 12.1 Å². The molecule has 84 valence electrons. The standard InChI is InChI=1S/C9H10N4O2S/c1-6(11-12-9(10)16)7-3-2-4-8(5-7)13(14)15/h2-5,11H,1H2,(H3,10,12,16). The molecule has 0 aliphatic carbocycles. The van der Waals surface area contributed by atoms with Crippen molar-refractivity contribution in [3.8, 4) is 0 Å². The van der Waals surface area contributed by atoms with Gasteiger partial charge in [0.1, 0.15) is 0 Å². The van der Waals surface area contributed by atoms with E-state index in [-0.39, 0.29) is 10.8 Å². The molecule has 0 radical (unpaired) electrons. The van der Waals surface area contributed by atoms with Gasteiger partial charge in [0.05, 0.1) is 10.6 Å². The first kappa shape index (κ1) is 11.9. The molecule has 0 spiro atoms. The lowest BCUT2D eigenvalue weighted by molar-refractivity contribution is -0.384. The second-order valence-corrected chi connectivity index (χ2v) is 3.34. The van der Waals surface area contributed by atoms with E-state index in [4.69, 9.17) is 5.73 Å². The Hall–Kier alpha value is -2.15. The molecule has 16 heavy (non-hydrogen) atoms. The van der Waals surface area contributed by atoms with Crippen molar-refractivity contribution in [2.24, 2.45) is 5.73 Å². The van der Waals surface area contributed by atoms with E-state index in [2.05, 4.69) is 29.6 Å². The third kappa shape index (κ3) is 3.21. The monoisotopic (exact) mass is 238 g/mol. The molecule has 0 amide bonds. The minimum atomic E-state index is -0.474. The van der Waals surface area contributed by atoms with Crippen LogP contribution in [0.3, 0.4) is 0 Å². The third-order valence-electron chi connectivity index (χ3n) is 1.74. The van der Waals surface area contributed by atoms with Crippen molar-refractivity contribution >= 4 is 28.7 Å². The molecule has 0 fully saturated rings. The van der Waals surface area contributed by atoms with Crippen LogP contribution in [0.1, 0.15) is 5.56 Å². The van der Waals surface area contributed by atoms with Gasteiger partial charge in [-0.25, -0.2) is 0 Å². The molecule has 0 aliphatic rings. The van der Waals surface area contributed by atoms with Crippen LogP contribution < -0.4 is 16.6 Å². The van der Waals surface area contributed by atoms with Crippen molar-refractivity contribution in [1.29, 1.82) is 0 Å². The van der Waals surface area contributed by atoms with Crippen LogP contribution in [0.15, 0.2) is 30.8 Å². The van der Waals surface area contributed by atoms with Crippen molar-refractivity contribution in [3.05, 3.63) is 46.5 Å². The Kier molecular flexibility index (Phi) is 3.78. The Morgan fingerprint density at radius 2 is 2.19 bits per heavy atom. The van der Waals surface area contributed by atoms with E-state index < -0.39 is 4.92 Å². The number of nitrogens with two attached hydrogens (primary N) is 1. The molecular weight excluding hydrogens is 228 g/mol. The molecular formula is C9H10N4O2S. The van der Waals surface area contributed by atoms with Gasteiger partial charge in [0, 0.05) is 17.7 Å². The van der Waals surface area contributed by atoms with Gasteiger partial charge in [0.2, 0.25) is 0 Å². The van der Waals surface area contributed by atoms with E-state index >= 15 is 0 Å². The smallest absolute Gasteiger partial charge is 0.270 e. The number of nitrogens with zero attached hydrogens (tertiary/aromatic N) is 1. The molecule has 1 rings (SSSR count). The van der Waals surface area contributed by atoms with E-state index in [9.17, 15) is 10.1 Å². The fourth-order valence-electron chi connectivity index (χ4n) is 1.02. The Morgan fingerprint density at radius 3 is 2.75 bits per heavy atom. The zero-order valence-corrected chi connectivity index (χ0v) is 9.08. The van der Waals surface area contributed by atoms with E-state index in [1.165, 1.54) is 12.1 Å². The molecule has 1 aromatic rings. The molecule has 6 nitrogen and oxygen atoms in total. The lowest BCUT2D eigenvalue weighted by Crippen LogP contribution is -2.39. The summed E-state index contributed by atoms with van der Waals surface area (Å²) in [7, 11) is 0. The third-order valence-corrected chi connectivity index (χ3v) is 1.84. The second kappa shape index (κ2) is 5.08. The number of nitro benzene ring substituents is 1. The minimum absolute atomic E-state index is 0.00391. The van der Waals surface area contributed by atoms with Gasteiger partial charge in [-0.1, -0.05) is 18.7 Å². The highest BCUT2D eigenvalue weighted by molar-refractivity contribution is 7.80. The maximum absolute atomic E-state index is 10.5. The summed E-state index contributed by atoms with van der Waals surface area (Å²) >= 11 is 4.59. The highest BCUT2D eigenvalue weighted by Gasteiger charge is 2.07. The summed E-state index contributed by atoms with van der Waals surface area (Å²) in [6.45, 7) is 3.69.